The Bertz CT molecular complexity index is 873. The maximum atomic E-state index is 11.5. The van der Waals surface area contributed by atoms with Crippen LogP contribution in [0.2, 0.25) is 10.0 Å². The number of hydrogen-bond acceptors (Lipinski definition) is 3. The fourth-order valence-corrected chi connectivity index (χ4v) is 2.99. The SMILES string of the molecule is Cc1cc(/C=N/N2CC(=O)NC2=O)c(C)n1-c1cccc(Cl)c1Cl. The highest BCUT2D eigenvalue weighted by atomic mass is 35.5. The first-order valence-corrected chi connectivity index (χ1v) is 7.92. The number of hydrogen-bond donors (Lipinski definition) is 1. The van der Waals surface area contributed by atoms with Crippen molar-refractivity contribution in [3.05, 3.63) is 51.3 Å². The topological polar surface area (TPSA) is 66.7 Å². The summed E-state index contributed by atoms with van der Waals surface area (Å²) in [7, 11) is 0. The van der Waals surface area contributed by atoms with Gasteiger partial charge in [-0.3, -0.25) is 10.1 Å². The molecule has 1 aliphatic heterocycles. The summed E-state index contributed by atoms with van der Waals surface area (Å²) in [5.74, 6) is -0.367. The fourth-order valence-electron chi connectivity index (χ4n) is 2.61. The van der Waals surface area contributed by atoms with E-state index in [1.807, 2.05) is 36.6 Å². The van der Waals surface area contributed by atoms with Crippen molar-refractivity contribution in [2.75, 3.05) is 6.54 Å². The minimum absolute atomic E-state index is 0.0752. The third kappa shape index (κ3) is 2.90. The summed E-state index contributed by atoms with van der Waals surface area (Å²) in [5.41, 5.74) is 3.43. The molecule has 3 amide bonds. The second-order valence-corrected chi connectivity index (χ2v) is 6.18. The molecule has 8 heteroatoms. The second kappa shape index (κ2) is 6.30. The molecule has 124 valence electrons. The van der Waals surface area contributed by atoms with E-state index in [1.165, 1.54) is 0 Å². The van der Waals surface area contributed by atoms with Crippen LogP contribution in [-0.2, 0) is 4.79 Å². The number of nitrogens with one attached hydrogen (secondary N) is 1. The minimum Gasteiger partial charge on any atom is -0.316 e. The molecular formula is C16H14Cl2N4O2. The van der Waals surface area contributed by atoms with Crippen molar-refractivity contribution in [3.8, 4) is 5.69 Å². The highest BCUT2D eigenvalue weighted by Crippen LogP contribution is 2.31. The Labute approximate surface area is 148 Å². The fraction of sp³-hybridized carbons (Fsp3) is 0.188. The summed E-state index contributed by atoms with van der Waals surface area (Å²) in [5, 5.41) is 8.27. The van der Waals surface area contributed by atoms with Gasteiger partial charge in [-0.2, -0.15) is 5.10 Å². The predicted octanol–water partition coefficient (Wildman–Crippen LogP) is 3.29. The summed E-state index contributed by atoms with van der Waals surface area (Å²) in [6.45, 7) is 3.78. The van der Waals surface area contributed by atoms with Gasteiger partial charge in [-0.15, -0.1) is 0 Å². The van der Waals surface area contributed by atoms with Gasteiger partial charge in [0.2, 0.25) is 5.91 Å². The van der Waals surface area contributed by atoms with Crippen LogP contribution in [0.5, 0.6) is 0 Å². The van der Waals surface area contributed by atoms with E-state index >= 15 is 0 Å². The third-order valence-electron chi connectivity index (χ3n) is 3.75. The Hall–Kier alpha value is -2.31. The smallest absolute Gasteiger partial charge is 0.316 e. The van der Waals surface area contributed by atoms with Crippen molar-refractivity contribution in [2.24, 2.45) is 5.10 Å². The normalized spacial score (nSPS) is 14.8. The monoisotopic (exact) mass is 364 g/mol. The molecule has 6 nitrogen and oxygen atoms in total. The Morgan fingerprint density at radius 3 is 2.67 bits per heavy atom. The number of benzene rings is 1. The molecular weight excluding hydrogens is 351 g/mol. The Balaban J connectivity index is 1.97. The number of rotatable bonds is 3. The first-order valence-electron chi connectivity index (χ1n) is 7.17. The van der Waals surface area contributed by atoms with E-state index in [2.05, 4.69) is 10.4 Å². The molecule has 2 aromatic rings. The zero-order valence-corrected chi connectivity index (χ0v) is 14.5. The van der Waals surface area contributed by atoms with Crippen LogP contribution in [0.15, 0.2) is 29.4 Å². The van der Waals surface area contributed by atoms with Crippen molar-refractivity contribution >= 4 is 41.4 Å². The lowest BCUT2D eigenvalue weighted by atomic mass is 10.2. The van der Waals surface area contributed by atoms with Crippen LogP contribution >= 0.6 is 23.2 Å². The third-order valence-corrected chi connectivity index (χ3v) is 4.56. The molecule has 0 saturated carbocycles. The number of halogens is 2. The standard InChI is InChI=1S/C16H14Cl2N4O2/c1-9-6-11(7-19-21-8-14(23)20-16(21)24)10(2)22(9)13-5-3-4-12(17)15(13)18/h3-7H,8H2,1-2H3,(H,20,23,24)/b19-7+. The van der Waals surface area contributed by atoms with E-state index < -0.39 is 6.03 Å². The maximum Gasteiger partial charge on any atom is 0.344 e. The Morgan fingerprint density at radius 2 is 2.00 bits per heavy atom. The van der Waals surface area contributed by atoms with E-state index in [0.29, 0.717) is 10.0 Å². The van der Waals surface area contributed by atoms with Crippen molar-refractivity contribution in [3.63, 3.8) is 0 Å². The number of aromatic nitrogens is 1. The van der Waals surface area contributed by atoms with Crippen LogP contribution in [0, 0.1) is 13.8 Å². The van der Waals surface area contributed by atoms with E-state index in [4.69, 9.17) is 23.2 Å². The predicted molar refractivity (Wildman–Crippen MR) is 93.1 cm³/mol. The molecule has 1 N–H and O–H groups in total. The molecule has 1 aromatic heterocycles. The van der Waals surface area contributed by atoms with Crippen LogP contribution < -0.4 is 5.32 Å². The number of nitrogens with zero attached hydrogens (tertiary/aromatic N) is 3. The molecule has 1 saturated heterocycles. The molecule has 1 aromatic carbocycles. The molecule has 1 fully saturated rings. The lowest BCUT2D eigenvalue weighted by Gasteiger charge is -2.12. The van der Waals surface area contributed by atoms with E-state index in [0.717, 1.165) is 27.6 Å². The molecule has 0 radical (unpaired) electrons. The maximum absolute atomic E-state index is 11.5. The number of carbonyl (C=O) groups is 2. The second-order valence-electron chi connectivity index (χ2n) is 5.39. The molecule has 0 atom stereocenters. The quantitative estimate of drug-likeness (QED) is 0.670. The van der Waals surface area contributed by atoms with Gasteiger partial charge in [0.15, 0.2) is 0 Å². The highest BCUT2D eigenvalue weighted by molar-refractivity contribution is 6.43. The lowest BCUT2D eigenvalue weighted by Crippen LogP contribution is -2.24. The van der Waals surface area contributed by atoms with Crippen LogP contribution in [0.4, 0.5) is 4.79 Å². The van der Waals surface area contributed by atoms with Crippen molar-refractivity contribution in [1.82, 2.24) is 14.9 Å². The Kier molecular flexibility index (Phi) is 4.34. The molecule has 0 aliphatic carbocycles. The minimum atomic E-state index is -0.525. The largest absolute Gasteiger partial charge is 0.344 e. The van der Waals surface area contributed by atoms with Crippen molar-refractivity contribution < 1.29 is 9.59 Å². The number of amides is 3. The van der Waals surface area contributed by atoms with E-state index in [9.17, 15) is 9.59 Å². The van der Waals surface area contributed by atoms with Gasteiger partial charge in [0.1, 0.15) is 6.54 Å². The summed E-state index contributed by atoms with van der Waals surface area (Å²) in [4.78, 5) is 22.7. The molecule has 24 heavy (non-hydrogen) atoms. The van der Waals surface area contributed by atoms with Gasteiger partial charge >= 0.3 is 6.03 Å². The number of carbonyl (C=O) groups excluding carboxylic acids is 2. The van der Waals surface area contributed by atoms with Gasteiger partial charge in [0.05, 0.1) is 21.9 Å². The number of hydrazone groups is 1. The lowest BCUT2D eigenvalue weighted by molar-refractivity contribution is -0.118. The molecule has 0 unspecified atom stereocenters. The molecule has 3 rings (SSSR count). The van der Waals surface area contributed by atoms with Crippen LogP contribution in [0.1, 0.15) is 17.0 Å². The van der Waals surface area contributed by atoms with E-state index in [-0.39, 0.29) is 12.5 Å². The van der Waals surface area contributed by atoms with Gasteiger partial charge in [0.25, 0.3) is 0 Å². The van der Waals surface area contributed by atoms with Crippen LogP contribution in [0.25, 0.3) is 5.69 Å². The zero-order chi connectivity index (χ0) is 17.4. The highest BCUT2D eigenvalue weighted by Gasteiger charge is 2.26. The van der Waals surface area contributed by atoms with Gasteiger partial charge in [-0.05, 0) is 32.0 Å². The Morgan fingerprint density at radius 1 is 1.25 bits per heavy atom. The molecule has 0 bridgehead atoms. The van der Waals surface area contributed by atoms with Gasteiger partial charge in [-0.1, -0.05) is 29.3 Å². The van der Waals surface area contributed by atoms with Crippen LogP contribution in [-0.4, -0.2) is 34.3 Å². The summed E-state index contributed by atoms with van der Waals surface area (Å²) >= 11 is 12.4. The molecule has 2 heterocycles. The molecule has 1 aliphatic rings. The van der Waals surface area contributed by atoms with Gasteiger partial charge < -0.3 is 4.57 Å². The van der Waals surface area contributed by atoms with Gasteiger partial charge in [0, 0.05) is 17.0 Å². The van der Waals surface area contributed by atoms with Crippen molar-refractivity contribution in [1.29, 1.82) is 0 Å². The summed E-state index contributed by atoms with van der Waals surface area (Å²) < 4.78 is 1.96. The summed E-state index contributed by atoms with van der Waals surface area (Å²) in [6, 6.07) is 6.83. The van der Waals surface area contributed by atoms with E-state index in [1.54, 1.807) is 12.3 Å². The number of urea groups is 1. The zero-order valence-electron chi connectivity index (χ0n) is 13.0. The van der Waals surface area contributed by atoms with Crippen molar-refractivity contribution in [2.45, 2.75) is 13.8 Å². The van der Waals surface area contributed by atoms with Crippen LogP contribution in [0.3, 0.4) is 0 Å². The first kappa shape index (κ1) is 16.5. The van der Waals surface area contributed by atoms with Gasteiger partial charge in [-0.25, -0.2) is 9.80 Å². The average molecular weight is 365 g/mol. The number of aryl methyl sites for hydroxylation is 1. The number of imide groups is 1. The molecule has 0 spiro atoms. The summed E-state index contributed by atoms with van der Waals surface area (Å²) in [6.07, 6.45) is 1.55. The first-order chi connectivity index (χ1) is 11.4. The average Bonchev–Trinajstić information content (AvgIpc) is 2.99.